The van der Waals surface area contributed by atoms with Crippen molar-refractivity contribution in [1.82, 2.24) is 15.0 Å². The fraction of sp³-hybridized carbons (Fsp3) is 0.353. The molecule has 2 heterocycles. The number of nitrogens with zero attached hydrogens (tertiary/aromatic N) is 3. The van der Waals surface area contributed by atoms with E-state index in [9.17, 15) is 4.79 Å². The normalized spacial score (nSPS) is 17.0. The van der Waals surface area contributed by atoms with Crippen molar-refractivity contribution in [2.45, 2.75) is 32.7 Å². The van der Waals surface area contributed by atoms with Crippen LogP contribution in [0.3, 0.4) is 0 Å². The van der Waals surface area contributed by atoms with Crippen LogP contribution >= 0.6 is 46.1 Å². The number of aryl methyl sites for hydroxylation is 1. The Kier molecular flexibility index (Phi) is 4.52. The van der Waals surface area contributed by atoms with Gasteiger partial charge >= 0.3 is 0 Å². The summed E-state index contributed by atoms with van der Waals surface area (Å²) in [5, 5.41) is 10.2. The molecule has 0 bridgehead atoms. The van der Waals surface area contributed by atoms with Crippen LogP contribution in [0.5, 0.6) is 0 Å². The van der Waals surface area contributed by atoms with Gasteiger partial charge in [-0.1, -0.05) is 46.9 Å². The lowest BCUT2D eigenvalue weighted by molar-refractivity contribution is 0.508. The topological polar surface area (TPSA) is 47.8 Å². The minimum Gasteiger partial charge on any atom is -0.267 e. The van der Waals surface area contributed by atoms with E-state index in [4.69, 9.17) is 34.8 Å². The monoisotopic (exact) mass is 413 g/mol. The van der Waals surface area contributed by atoms with E-state index in [-0.39, 0.29) is 12.1 Å². The molecule has 1 aromatic carbocycles. The van der Waals surface area contributed by atoms with Crippen molar-refractivity contribution in [2.24, 2.45) is 5.92 Å². The third-order valence-electron chi connectivity index (χ3n) is 4.63. The fourth-order valence-corrected chi connectivity index (χ4v) is 5.24. The molecule has 1 atom stereocenters. The van der Waals surface area contributed by atoms with Crippen LogP contribution in [0.2, 0.25) is 15.1 Å². The van der Waals surface area contributed by atoms with Crippen LogP contribution in [-0.4, -0.2) is 15.0 Å². The molecular formula is C17H14Cl3N3OS. The first-order valence-electron chi connectivity index (χ1n) is 7.96. The van der Waals surface area contributed by atoms with Crippen LogP contribution in [0, 0.1) is 5.92 Å². The van der Waals surface area contributed by atoms with E-state index in [0.717, 1.165) is 24.8 Å². The van der Waals surface area contributed by atoms with Crippen molar-refractivity contribution in [3.63, 3.8) is 0 Å². The largest absolute Gasteiger partial charge is 0.279 e. The highest BCUT2D eigenvalue weighted by atomic mass is 35.5. The quantitative estimate of drug-likeness (QED) is 0.555. The smallest absolute Gasteiger partial charge is 0.267 e. The third kappa shape index (κ3) is 2.97. The van der Waals surface area contributed by atoms with Gasteiger partial charge in [0, 0.05) is 15.5 Å². The summed E-state index contributed by atoms with van der Waals surface area (Å²) in [5.74, 6) is 0.639. The Bertz CT molecular complexity index is 1040. The molecule has 0 spiro atoms. The molecule has 4 rings (SSSR count). The Balaban J connectivity index is 1.84. The first kappa shape index (κ1) is 17.3. The second kappa shape index (κ2) is 6.54. The number of hydrogen-bond acceptors (Lipinski definition) is 4. The van der Waals surface area contributed by atoms with Crippen LogP contribution in [-0.2, 0) is 19.4 Å². The SMILES string of the molecule is CC1CCc2c(sc3nnn(Cc4c(Cl)ccc(Cl)c4Cl)c(=O)c23)C1. The molecule has 3 aromatic rings. The van der Waals surface area contributed by atoms with Gasteiger partial charge in [0.05, 0.1) is 22.0 Å². The minimum atomic E-state index is -0.149. The molecule has 130 valence electrons. The van der Waals surface area contributed by atoms with Gasteiger partial charge < -0.3 is 0 Å². The predicted octanol–water partition coefficient (Wildman–Crippen LogP) is 4.99. The highest BCUT2D eigenvalue weighted by Gasteiger charge is 2.24. The number of halogens is 3. The number of benzene rings is 1. The Morgan fingerprint density at radius 2 is 2.04 bits per heavy atom. The molecule has 8 heteroatoms. The van der Waals surface area contributed by atoms with Gasteiger partial charge in [-0.2, -0.15) is 0 Å². The zero-order valence-electron chi connectivity index (χ0n) is 13.4. The van der Waals surface area contributed by atoms with E-state index in [0.29, 0.717) is 36.8 Å². The summed E-state index contributed by atoms with van der Waals surface area (Å²) in [6.45, 7) is 2.38. The number of hydrogen-bond donors (Lipinski definition) is 0. The molecule has 25 heavy (non-hydrogen) atoms. The van der Waals surface area contributed by atoms with E-state index in [1.807, 2.05) is 0 Å². The number of fused-ring (bicyclic) bond motifs is 3. The predicted molar refractivity (Wildman–Crippen MR) is 103 cm³/mol. The van der Waals surface area contributed by atoms with Crippen molar-refractivity contribution in [2.75, 3.05) is 0 Å². The van der Waals surface area contributed by atoms with E-state index < -0.39 is 0 Å². The van der Waals surface area contributed by atoms with Gasteiger partial charge in [-0.15, -0.1) is 16.4 Å². The Morgan fingerprint density at radius 1 is 1.28 bits per heavy atom. The van der Waals surface area contributed by atoms with Crippen LogP contribution in [0.1, 0.15) is 29.3 Å². The summed E-state index contributed by atoms with van der Waals surface area (Å²) in [6.07, 6.45) is 3.00. The van der Waals surface area contributed by atoms with Gasteiger partial charge in [0.25, 0.3) is 5.56 Å². The molecule has 1 aliphatic rings. The standard InChI is InChI=1S/C17H14Cl3N3OS/c1-8-2-3-9-13(6-8)25-16-14(9)17(24)23(22-21-16)7-10-11(18)4-5-12(19)15(10)20/h4-5,8H,2-3,6-7H2,1H3. The van der Waals surface area contributed by atoms with Crippen LogP contribution in [0.4, 0.5) is 0 Å². The van der Waals surface area contributed by atoms with Gasteiger partial charge in [-0.25, -0.2) is 4.68 Å². The van der Waals surface area contributed by atoms with Crippen molar-refractivity contribution >= 4 is 56.4 Å². The summed E-state index contributed by atoms with van der Waals surface area (Å²) in [5.41, 5.74) is 1.56. The van der Waals surface area contributed by atoms with Gasteiger partial charge in [0.15, 0.2) is 4.83 Å². The minimum absolute atomic E-state index is 0.140. The van der Waals surface area contributed by atoms with Crippen molar-refractivity contribution < 1.29 is 0 Å². The summed E-state index contributed by atoms with van der Waals surface area (Å²) in [4.78, 5) is 15.0. The van der Waals surface area contributed by atoms with Crippen LogP contribution in [0.25, 0.3) is 10.2 Å². The molecule has 0 saturated carbocycles. The molecule has 0 radical (unpaired) electrons. The van der Waals surface area contributed by atoms with E-state index >= 15 is 0 Å². The highest BCUT2D eigenvalue weighted by molar-refractivity contribution is 7.18. The second-order valence-corrected chi connectivity index (χ2v) is 8.68. The molecule has 0 aliphatic heterocycles. The molecule has 0 N–H and O–H groups in total. The molecule has 0 fully saturated rings. The molecule has 4 nitrogen and oxygen atoms in total. The zero-order chi connectivity index (χ0) is 17.7. The average molecular weight is 415 g/mol. The number of thiophene rings is 1. The number of rotatable bonds is 2. The molecule has 2 aromatic heterocycles. The summed E-state index contributed by atoms with van der Waals surface area (Å²) in [7, 11) is 0. The first-order valence-corrected chi connectivity index (χ1v) is 9.91. The van der Waals surface area contributed by atoms with Crippen LogP contribution < -0.4 is 5.56 Å². The van der Waals surface area contributed by atoms with Gasteiger partial charge in [-0.3, -0.25) is 4.79 Å². The summed E-state index contributed by atoms with van der Waals surface area (Å²) >= 11 is 20.1. The molecular weight excluding hydrogens is 401 g/mol. The van der Waals surface area contributed by atoms with E-state index in [1.54, 1.807) is 23.5 Å². The molecule has 1 aliphatic carbocycles. The lowest BCUT2D eigenvalue weighted by atomic mass is 9.89. The maximum atomic E-state index is 13.0. The lowest BCUT2D eigenvalue weighted by Gasteiger charge is -2.17. The average Bonchev–Trinajstić information content (AvgIpc) is 2.95. The van der Waals surface area contributed by atoms with Crippen molar-refractivity contribution in [1.29, 1.82) is 0 Å². The van der Waals surface area contributed by atoms with Crippen molar-refractivity contribution in [3.8, 4) is 0 Å². The molecule has 1 unspecified atom stereocenters. The number of aromatic nitrogens is 3. The highest BCUT2D eigenvalue weighted by Crippen LogP contribution is 2.36. The summed E-state index contributed by atoms with van der Waals surface area (Å²) < 4.78 is 1.32. The fourth-order valence-electron chi connectivity index (χ4n) is 3.26. The van der Waals surface area contributed by atoms with Gasteiger partial charge in [0.2, 0.25) is 0 Å². The van der Waals surface area contributed by atoms with E-state index in [2.05, 4.69) is 17.2 Å². The maximum absolute atomic E-state index is 13.0. The zero-order valence-corrected chi connectivity index (χ0v) is 16.4. The van der Waals surface area contributed by atoms with E-state index in [1.165, 1.54) is 9.56 Å². The second-order valence-electron chi connectivity index (χ2n) is 6.41. The molecule has 0 saturated heterocycles. The summed E-state index contributed by atoms with van der Waals surface area (Å²) in [6, 6.07) is 3.29. The van der Waals surface area contributed by atoms with Gasteiger partial charge in [0.1, 0.15) is 0 Å². The van der Waals surface area contributed by atoms with Crippen molar-refractivity contribution in [3.05, 3.63) is 53.6 Å². The third-order valence-corrected chi connectivity index (χ3v) is 6.97. The Hall–Kier alpha value is -1.14. The maximum Gasteiger partial charge on any atom is 0.279 e. The van der Waals surface area contributed by atoms with Gasteiger partial charge in [-0.05, 0) is 42.9 Å². The lowest BCUT2D eigenvalue weighted by Crippen LogP contribution is -2.25. The Labute approximate surface area is 163 Å². The first-order chi connectivity index (χ1) is 12.0. The Morgan fingerprint density at radius 3 is 2.84 bits per heavy atom. The van der Waals surface area contributed by atoms with Crippen LogP contribution in [0.15, 0.2) is 16.9 Å². The molecule has 0 amide bonds.